The van der Waals surface area contributed by atoms with E-state index in [0.717, 1.165) is 6.42 Å². The Morgan fingerprint density at radius 3 is 2.90 bits per heavy atom. The third-order valence-electron chi connectivity index (χ3n) is 3.18. The van der Waals surface area contributed by atoms with E-state index in [2.05, 4.69) is 15.6 Å². The van der Waals surface area contributed by atoms with Gasteiger partial charge in [0.2, 0.25) is 5.91 Å². The van der Waals surface area contributed by atoms with Crippen LogP contribution in [-0.2, 0) is 4.79 Å². The first-order valence-corrected chi connectivity index (χ1v) is 6.36. The molecule has 8 nitrogen and oxygen atoms in total. The van der Waals surface area contributed by atoms with Crippen LogP contribution in [0.5, 0.6) is 0 Å². The molecule has 1 atom stereocenters. The standard InChI is InChI=1S/C12H17N5O3/c1-8(18)14-9-3-4-16(7-9)12-6-10(17(19)20)5-11(13-2)15-12/h5-6,9H,3-4,7H2,1-2H3,(H,13,15)(H,14,18). The van der Waals surface area contributed by atoms with Crippen molar-refractivity contribution in [3.63, 3.8) is 0 Å². The Morgan fingerprint density at radius 1 is 1.55 bits per heavy atom. The van der Waals surface area contributed by atoms with E-state index in [1.807, 2.05) is 4.90 Å². The Bertz CT molecular complexity index is 534. The summed E-state index contributed by atoms with van der Waals surface area (Å²) >= 11 is 0. The average Bonchev–Trinajstić information content (AvgIpc) is 2.85. The molecule has 1 unspecified atom stereocenters. The lowest BCUT2D eigenvalue weighted by Gasteiger charge is -2.18. The number of pyridine rings is 1. The van der Waals surface area contributed by atoms with E-state index in [0.29, 0.717) is 24.7 Å². The van der Waals surface area contributed by atoms with Crippen LogP contribution >= 0.6 is 0 Å². The second-order valence-corrected chi connectivity index (χ2v) is 4.71. The normalized spacial score (nSPS) is 17.9. The van der Waals surface area contributed by atoms with Crippen LogP contribution in [0.3, 0.4) is 0 Å². The van der Waals surface area contributed by atoms with Gasteiger partial charge in [-0.1, -0.05) is 0 Å². The number of nitrogens with zero attached hydrogens (tertiary/aromatic N) is 3. The number of hydrogen-bond donors (Lipinski definition) is 2. The zero-order valence-electron chi connectivity index (χ0n) is 11.4. The minimum atomic E-state index is -0.437. The molecule has 1 amide bonds. The first-order chi connectivity index (χ1) is 9.49. The van der Waals surface area contributed by atoms with E-state index in [-0.39, 0.29) is 17.6 Å². The number of anilines is 2. The molecule has 2 N–H and O–H groups in total. The van der Waals surface area contributed by atoms with Gasteiger partial charge >= 0.3 is 0 Å². The summed E-state index contributed by atoms with van der Waals surface area (Å²) in [6.07, 6.45) is 0.804. The highest BCUT2D eigenvalue weighted by atomic mass is 16.6. The SMILES string of the molecule is CNc1cc([N+](=O)[O-])cc(N2CCC(NC(C)=O)C2)n1. The van der Waals surface area contributed by atoms with Crippen LogP contribution in [0.15, 0.2) is 12.1 Å². The van der Waals surface area contributed by atoms with Gasteiger partial charge in [0.25, 0.3) is 5.69 Å². The molecule has 0 radical (unpaired) electrons. The number of carbonyl (C=O) groups is 1. The lowest BCUT2D eigenvalue weighted by Crippen LogP contribution is -2.35. The summed E-state index contributed by atoms with van der Waals surface area (Å²) in [4.78, 5) is 27.8. The van der Waals surface area contributed by atoms with Gasteiger partial charge in [-0.2, -0.15) is 0 Å². The molecule has 1 aliphatic heterocycles. The molecule has 0 aliphatic carbocycles. The summed E-state index contributed by atoms with van der Waals surface area (Å²) in [7, 11) is 1.67. The molecule has 2 rings (SSSR count). The van der Waals surface area contributed by atoms with Gasteiger partial charge in [0.05, 0.1) is 17.1 Å². The predicted octanol–water partition coefficient (Wildman–Crippen LogP) is 0.746. The quantitative estimate of drug-likeness (QED) is 0.623. The summed E-state index contributed by atoms with van der Waals surface area (Å²) in [5, 5.41) is 16.6. The van der Waals surface area contributed by atoms with E-state index in [4.69, 9.17) is 0 Å². The number of hydrogen-bond acceptors (Lipinski definition) is 6. The molecular formula is C12H17N5O3. The van der Waals surface area contributed by atoms with E-state index in [1.165, 1.54) is 19.1 Å². The maximum absolute atomic E-state index is 11.0. The molecule has 8 heteroatoms. The maximum Gasteiger partial charge on any atom is 0.276 e. The van der Waals surface area contributed by atoms with Crippen molar-refractivity contribution in [3.8, 4) is 0 Å². The van der Waals surface area contributed by atoms with Crippen LogP contribution in [-0.4, -0.2) is 42.0 Å². The molecule has 108 valence electrons. The summed E-state index contributed by atoms with van der Waals surface area (Å²) in [5.74, 6) is 0.938. The van der Waals surface area contributed by atoms with Crippen molar-refractivity contribution in [1.29, 1.82) is 0 Å². The smallest absolute Gasteiger partial charge is 0.276 e. The minimum Gasteiger partial charge on any atom is -0.373 e. The highest BCUT2D eigenvalue weighted by Crippen LogP contribution is 2.25. The fraction of sp³-hybridized carbons (Fsp3) is 0.500. The van der Waals surface area contributed by atoms with Gasteiger partial charge in [-0.25, -0.2) is 4.98 Å². The zero-order valence-corrected chi connectivity index (χ0v) is 11.4. The molecule has 2 heterocycles. The van der Waals surface area contributed by atoms with Gasteiger partial charge in [-0.05, 0) is 6.42 Å². The molecule has 1 aromatic rings. The molecule has 1 fully saturated rings. The van der Waals surface area contributed by atoms with Crippen LogP contribution < -0.4 is 15.5 Å². The van der Waals surface area contributed by atoms with Gasteiger partial charge in [0.15, 0.2) is 0 Å². The average molecular weight is 279 g/mol. The molecule has 1 saturated heterocycles. The Hall–Kier alpha value is -2.38. The van der Waals surface area contributed by atoms with Crippen LogP contribution in [0.25, 0.3) is 0 Å². The Morgan fingerprint density at radius 2 is 2.30 bits per heavy atom. The van der Waals surface area contributed by atoms with E-state index < -0.39 is 4.92 Å². The second kappa shape index (κ2) is 5.72. The molecule has 0 saturated carbocycles. The molecule has 1 aromatic heterocycles. The molecule has 0 spiro atoms. The van der Waals surface area contributed by atoms with Crippen LogP contribution in [0.1, 0.15) is 13.3 Å². The monoisotopic (exact) mass is 279 g/mol. The highest BCUT2D eigenvalue weighted by molar-refractivity contribution is 5.73. The van der Waals surface area contributed by atoms with Crippen LogP contribution in [0.4, 0.5) is 17.3 Å². The number of rotatable bonds is 4. The van der Waals surface area contributed by atoms with Crippen molar-refractivity contribution >= 4 is 23.2 Å². The van der Waals surface area contributed by atoms with Crippen LogP contribution in [0.2, 0.25) is 0 Å². The van der Waals surface area contributed by atoms with E-state index in [1.54, 1.807) is 7.05 Å². The second-order valence-electron chi connectivity index (χ2n) is 4.71. The molecule has 1 aliphatic rings. The van der Waals surface area contributed by atoms with Crippen molar-refractivity contribution < 1.29 is 9.72 Å². The number of nitro groups is 1. The molecule has 20 heavy (non-hydrogen) atoms. The van der Waals surface area contributed by atoms with Gasteiger partial charge in [-0.3, -0.25) is 14.9 Å². The predicted molar refractivity (Wildman–Crippen MR) is 74.9 cm³/mol. The highest BCUT2D eigenvalue weighted by Gasteiger charge is 2.25. The Kier molecular flexibility index (Phi) is 4.02. The lowest BCUT2D eigenvalue weighted by molar-refractivity contribution is -0.384. The number of amides is 1. The lowest BCUT2D eigenvalue weighted by atomic mass is 10.2. The van der Waals surface area contributed by atoms with Crippen molar-refractivity contribution in [1.82, 2.24) is 10.3 Å². The third-order valence-corrected chi connectivity index (χ3v) is 3.18. The Labute approximate surface area is 116 Å². The number of nitrogens with one attached hydrogen (secondary N) is 2. The summed E-state index contributed by atoms with van der Waals surface area (Å²) in [5.41, 5.74) is 0.00215. The van der Waals surface area contributed by atoms with Gasteiger partial charge in [0, 0.05) is 33.1 Å². The molecular weight excluding hydrogens is 262 g/mol. The maximum atomic E-state index is 11.0. The first kappa shape index (κ1) is 14.0. The number of carbonyl (C=O) groups excluding carboxylic acids is 1. The van der Waals surface area contributed by atoms with Crippen molar-refractivity contribution in [2.75, 3.05) is 30.4 Å². The van der Waals surface area contributed by atoms with E-state index >= 15 is 0 Å². The summed E-state index contributed by atoms with van der Waals surface area (Å²) < 4.78 is 0. The first-order valence-electron chi connectivity index (χ1n) is 6.36. The molecule has 0 bridgehead atoms. The van der Waals surface area contributed by atoms with Crippen molar-refractivity contribution in [2.45, 2.75) is 19.4 Å². The Balaban J connectivity index is 2.18. The van der Waals surface area contributed by atoms with Gasteiger partial charge < -0.3 is 15.5 Å². The fourth-order valence-corrected chi connectivity index (χ4v) is 2.27. The molecule has 0 aromatic carbocycles. The summed E-state index contributed by atoms with van der Waals surface area (Å²) in [6, 6.07) is 2.91. The zero-order chi connectivity index (χ0) is 14.7. The fourth-order valence-electron chi connectivity index (χ4n) is 2.27. The number of aromatic nitrogens is 1. The largest absolute Gasteiger partial charge is 0.373 e. The third kappa shape index (κ3) is 3.14. The van der Waals surface area contributed by atoms with Crippen molar-refractivity contribution in [2.24, 2.45) is 0 Å². The minimum absolute atomic E-state index is 0.00215. The topological polar surface area (TPSA) is 100 Å². The van der Waals surface area contributed by atoms with E-state index in [9.17, 15) is 14.9 Å². The van der Waals surface area contributed by atoms with Gasteiger partial charge in [0.1, 0.15) is 11.6 Å². The summed E-state index contributed by atoms with van der Waals surface area (Å²) in [6.45, 7) is 2.80. The van der Waals surface area contributed by atoms with Crippen molar-refractivity contribution in [3.05, 3.63) is 22.2 Å². The van der Waals surface area contributed by atoms with Crippen LogP contribution in [0, 0.1) is 10.1 Å². The van der Waals surface area contributed by atoms with Gasteiger partial charge in [-0.15, -0.1) is 0 Å².